The Hall–Kier alpha value is -2.90. The van der Waals surface area contributed by atoms with Crippen molar-refractivity contribution in [2.24, 2.45) is 5.92 Å². The average Bonchev–Trinajstić information content (AvgIpc) is 3.22. The van der Waals surface area contributed by atoms with Crippen LogP contribution in [0.4, 0.5) is 0 Å². The fourth-order valence-electron chi connectivity index (χ4n) is 6.61. The SMILES string of the molecule is CN1CCN(C(=O)CCCc2cn(CN3C[C@H]4C[C@H](C3)c3cccc(=O)n3C4)c3ccccc23)CC1. The molecule has 3 aliphatic heterocycles. The number of piperidine rings is 1. The van der Waals surface area contributed by atoms with Gasteiger partial charge in [-0.3, -0.25) is 14.5 Å². The number of para-hydroxylation sites is 1. The Bertz CT molecular complexity index is 1300. The van der Waals surface area contributed by atoms with Crippen LogP contribution in [0.2, 0.25) is 0 Å². The maximum Gasteiger partial charge on any atom is 0.250 e. The fraction of sp³-hybridized carbons (Fsp3) is 0.517. The first-order valence-corrected chi connectivity index (χ1v) is 13.5. The van der Waals surface area contributed by atoms with E-state index in [1.807, 2.05) is 15.5 Å². The molecule has 2 bridgehead atoms. The molecule has 0 radical (unpaired) electrons. The summed E-state index contributed by atoms with van der Waals surface area (Å²) in [5.74, 6) is 1.25. The summed E-state index contributed by atoms with van der Waals surface area (Å²) in [6, 6.07) is 14.4. The van der Waals surface area contributed by atoms with Crippen LogP contribution in [0, 0.1) is 5.92 Å². The van der Waals surface area contributed by atoms with Crippen LogP contribution >= 0.6 is 0 Å². The summed E-state index contributed by atoms with van der Waals surface area (Å²) in [5.41, 5.74) is 3.95. The summed E-state index contributed by atoms with van der Waals surface area (Å²) < 4.78 is 4.40. The van der Waals surface area contributed by atoms with Crippen molar-refractivity contribution < 1.29 is 4.79 Å². The van der Waals surface area contributed by atoms with Gasteiger partial charge >= 0.3 is 0 Å². The Morgan fingerprint density at radius 1 is 0.972 bits per heavy atom. The quantitative estimate of drug-likeness (QED) is 0.537. The lowest BCUT2D eigenvalue weighted by Crippen LogP contribution is -2.47. The lowest BCUT2D eigenvalue weighted by Gasteiger charge is -2.42. The third kappa shape index (κ3) is 4.62. The van der Waals surface area contributed by atoms with Gasteiger partial charge in [0.15, 0.2) is 0 Å². The van der Waals surface area contributed by atoms with E-state index in [9.17, 15) is 9.59 Å². The maximum absolute atomic E-state index is 12.7. The van der Waals surface area contributed by atoms with Crippen molar-refractivity contribution in [1.29, 1.82) is 0 Å². The van der Waals surface area contributed by atoms with Gasteiger partial charge in [0.2, 0.25) is 5.91 Å². The van der Waals surface area contributed by atoms with Gasteiger partial charge in [-0.15, -0.1) is 0 Å². The molecule has 3 aromatic rings. The molecule has 2 atom stereocenters. The Balaban J connectivity index is 1.13. The first-order valence-electron chi connectivity index (χ1n) is 13.5. The second kappa shape index (κ2) is 9.87. The zero-order chi connectivity index (χ0) is 24.6. The molecule has 3 aliphatic rings. The van der Waals surface area contributed by atoms with Crippen LogP contribution in [0.5, 0.6) is 0 Å². The number of amides is 1. The molecule has 2 aromatic heterocycles. The first kappa shape index (κ1) is 23.5. The molecule has 190 valence electrons. The van der Waals surface area contributed by atoms with Crippen LogP contribution < -0.4 is 5.56 Å². The van der Waals surface area contributed by atoms with Gasteiger partial charge in [-0.25, -0.2) is 0 Å². The van der Waals surface area contributed by atoms with Crippen LogP contribution in [-0.2, 0) is 24.4 Å². The number of carbonyl (C=O) groups excluding carboxylic acids is 1. The number of benzene rings is 1. The summed E-state index contributed by atoms with van der Waals surface area (Å²) in [7, 11) is 2.12. The highest BCUT2D eigenvalue weighted by atomic mass is 16.2. The number of aromatic nitrogens is 2. The third-order valence-corrected chi connectivity index (χ3v) is 8.47. The molecular weight excluding hydrogens is 450 g/mol. The second-order valence-electron chi connectivity index (χ2n) is 11.1. The molecule has 0 saturated carbocycles. The molecule has 5 heterocycles. The number of fused-ring (bicyclic) bond motifs is 5. The van der Waals surface area contributed by atoms with Gasteiger partial charge in [0, 0.05) is 87.0 Å². The van der Waals surface area contributed by atoms with E-state index in [0.29, 0.717) is 24.2 Å². The average molecular weight is 488 g/mol. The van der Waals surface area contributed by atoms with Crippen molar-refractivity contribution in [3.05, 3.63) is 70.3 Å². The zero-order valence-corrected chi connectivity index (χ0v) is 21.3. The normalized spacial score (nSPS) is 22.6. The van der Waals surface area contributed by atoms with Crippen molar-refractivity contribution in [3.8, 4) is 0 Å². The predicted molar refractivity (Wildman–Crippen MR) is 142 cm³/mol. The molecule has 0 unspecified atom stereocenters. The van der Waals surface area contributed by atoms with Crippen LogP contribution in [0.15, 0.2) is 53.5 Å². The van der Waals surface area contributed by atoms with Crippen LogP contribution in [0.1, 0.15) is 36.4 Å². The van der Waals surface area contributed by atoms with Gasteiger partial charge in [0.1, 0.15) is 0 Å². The van der Waals surface area contributed by atoms with E-state index in [-0.39, 0.29) is 5.56 Å². The Morgan fingerprint density at radius 2 is 1.81 bits per heavy atom. The van der Waals surface area contributed by atoms with Crippen LogP contribution in [-0.4, -0.2) is 76.1 Å². The number of hydrogen-bond acceptors (Lipinski definition) is 4. The zero-order valence-electron chi connectivity index (χ0n) is 21.3. The number of pyridine rings is 1. The van der Waals surface area contributed by atoms with E-state index in [1.165, 1.54) is 28.6 Å². The minimum absolute atomic E-state index is 0.141. The van der Waals surface area contributed by atoms with Crippen molar-refractivity contribution in [2.45, 2.75) is 44.8 Å². The molecule has 1 amide bonds. The number of nitrogens with zero attached hydrogens (tertiary/aromatic N) is 5. The monoisotopic (exact) mass is 487 g/mol. The lowest BCUT2D eigenvalue weighted by molar-refractivity contribution is -0.132. The number of hydrogen-bond donors (Lipinski definition) is 0. The highest BCUT2D eigenvalue weighted by Gasteiger charge is 2.34. The van der Waals surface area contributed by atoms with Gasteiger partial charge in [-0.2, -0.15) is 0 Å². The molecular formula is C29H37N5O2. The van der Waals surface area contributed by atoms with E-state index in [0.717, 1.165) is 65.3 Å². The Kier molecular flexibility index (Phi) is 6.44. The lowest BCUT2D eigenvalue weighted by atomic mass is 9.83. The van der Waals surface area contributed by atoms with Crippen LogP contribution in [0.25, 0.3) is 10.9 Å². The Labute approximate surface area is 212 Å². The molecule has 0 spiro atoms. The summed E-state index contributed by atoms with van der Waals surface area (Å²) in [5, 5.41) is 1.30. The van der Waals surface area contributed by atoms with Crippen molar-refractivity contribution in [2.75, 3.05) is 46.3 Å². The van der Waals surface area contributed by atoms with Crippen molar-refractivity contribution >= 4 is 16.8 Å². The van der Waals surface area contributed by atoms with Gasteiger partial charge < -0.3 is 18.9 Å². The van der Waals surface area contributed by atoms with E-state index in [1.54, 1.807) is 6.07 Å². The number of likely N-dealkylation sites (N-methyl/N-ethyl adjacent to an activating group) is 1. The third-order valence-electron chi connectivity index (χ3n) is 8.47. The minimum atomic E-state index is 0.141. The fourth-order valence-corrected chi connectivity index (χ4v) is 6.61. The topological polar surface area (TPSA) is 53.7 Å². The summed E-state index contributed by atoms with van der Waals surface area (Å²) in [4.78, 5) is 32.0. The number of piperazine rings is 1. The highest BCUT2D eigenvalue weighted by molar-refractivity contribution is 5.84. The molecule has 0 N–H and O–H groups in total. The largest absolute Gasteiger partial charge is 0.340 e. The predicted octanol–water partition coefficient (Wildman–Crippen LogP) is 2.98. The first-order chi connectivity index (χ1) is 17.5. The maximum atomic E-state index is 12.7. The van der Waals surface area contributed by atoms with E-state index in [2.05, 4.69) is 57.9 Å². The molecule has 6 rings (SSSR count). The highest BCUT2D eigenvalue weighted by Crippen LogP contribution is 2.35. The van der Waals surface area contributed by atoms with Crippen molar-refractivity contribution in [3.63, 3.8) is 0 Å². The number of rotatable bonds is 6. The molecule has 1 aromatic carbocycles. The minimum Gasteiger partial charge on any atom is -0.340 e. The molecule has 36 heavy (non-hydrogen) atoms. The molecule has 2 saturated heterocycles. The number of likely N-dealkylation sites (tertiary alicyclic amines) is 1. The van der Waals surface area contributed by atoms with Gasteiger partial charge in [0.05, 0.1) is 6.67 Å². The van der Waals surface area contributed by atoms with E-state index >= 15 is 0 Å². The smallest absolute Gasteiger partial charge is 0.250 e. The summed E-state index contributed by atoms with van der Waals surface area (Å²) in [6.45, 7) is 7.36. The second-order valence-corrected chi connectivity index (χ2v) is 11.1. The van der Waals surface area contributed by atoms with E-state index in [4.69, 9.17) is 0 Å². The number of carbonyl (C=O) groups is 1. The molecule has 7 nitrogen and oxygen atoms in total. The standard InChI is InChI=1S/C29H37N5O2/c1-30-12-14-32(15-13-30)28(35)10-4-6-23-20-33(27-8-3-2-7-25(23)27)21-31-17-22-16-24(19-31)26-9-5-11-29(36)34(26)18-22/h2-3,5,7-9,11,20,22,24H,4,6,10,12-19,21H2,1H3/t22-,24-/m1/s1. The van der Waals surface area contributed by atoms with Crippen LogP contribution in [0.3, 0.4) is 0 Å². The molecule has 7 heteroatoms. The summed E-state index contributed by atoms with van der Waals surface area (Å²) in [6.07, 6.45) is 5.93. The Morgan fingerprint density at radius 3 is 2.67 bits per heavy atom. The van der Waals surface area contributed by atoms with Gasteiger partial charge in [-0.1, -0.05) is 24.3 Å². The molecule has 2 fully saturated rings. The van der Waals surface area contributed by atoms with E-state index < -0.39 is 0 Å². The van der Waals surface area contributed by atoms with Crippen molar-refractivity contribution in [1.82, 2.24) is 23.8 Å². The van der Waals surface area contributed by atoms with Gasteiger partial charge in [-0.05, 0) is 49.9 Å². The van der Waals surface area contributed by atoms with Gasteiger partial charge in [0.25, 0.3) is 5.56 Å². The number of aryl methyl sites for hydroxylation is 1. The molecule has 0 aliphatic carbocycles. The summed E-state index contributed by atoms with van der Waals surface area (Å²) >= 11 is 0.